The molecule has 31 heavy (non-hydrogen) atoms. The number of nitrogens with zero attached hydrogens (tertiary/aromatic N) is 1. The first-order valence-corrected chi connectivity index (χ1v) is 13.7. The minimum absolute atomic E-state index is 0.0221. The molecule has 2 aliphatic rings. The molecule has 0 bridgehead atoms. The Morgan fingerprint density at radius 3 is 2.45 bits per heavy atom. The van der Waals surface area contributed by atoms with E-state index >= 15 is 0 Å². The molecule has 1 amide bonds. The number of esters is 1. The molecule has 0 aromatic rings. The summed E-state index contributed by atoms with van der Waals surface area (Å²) in [7, 11) is 0.399. The van der Waals surface area contributed by atoms with Gasteiger partial charge < -0.3 is 13.9 Å². The molecule has 0 saturated heterocycles. The second kappa shape index (κ2) is 9.18. The Kier molecular flexibility index (Phi) is 7.46. The van der Waals surface area contributed by atoms with Crippen molar-refractivity contribution in [1.29, 1.82) is 0 Å². The van der Waals surface area contributed by atoms with Crippen molar-refractivity contribution in [2.24, 2.45) is 11.3 Å². The van der Waals surface area contributed by atoms with E-state index in [2.05, 4.69) is 40.4 Å². The van der Waals surface area contributed by atoms with Crippen LogP contribution in [-0.4, -0.2) is 57.9 Å². The van der Waals surface area contributed by atoms with Gasteiger partial charge in [-0.2, -0.15) is 0 Å². The monoisotopic (exact) mass is 451 g/mol. The number of ether oxygens (including phenoxy) is 2. The van der Waals surface area contributed by atoms with Gasteiger partial charge in [0, 0.05) is 19.4 Å². The number of ketones is 1. The summed E-state index contributed by atoms with van der Waals surface area (Å²) in [6.45, 7) is 14.6. The van der Waals surface area contributed by atoms with Crippen LogP contribution in [0.25, 0.3) is 0 Å². The average molecular weight is 452 g/mol. The number of allylic oxidation sites excluding steroid dienone is 1. The summed E-state index contributed by atoms with van der Waals surface area (Å²) in [4.78, 5) is 40.7. The average Bonchev–Trinajstić information content (AvgIpc) is 2.69. The van der Waals surface area contributed by atoms with E-state index in [0.29, 0.717) is 19.3 Å². The summed E-state index contributed by atoms with van der Waals surface area (Å²) in [5, 5.41) is -0.0221. The highest BCUT2D eigenvalue weighted by Gasteiger charge is 2.63. The number of carbonyl (C=O) groups is 3. The molecule has 0 aliphatic heterocycles. The summed E-state index contributed by atoms with van der Waals surface area (Å²) >= 11 is 0. The minimum atomic E-state index is -2.17. The molecular weight excluding hydrogens is 414 g/mol. The fourth-order valence-electron chi connectivity index (χ4n) is 4.48. The van der Waals surface area contributed by atoms with Crippen molar-refractivity contribution >= 4 is 26.2 Å². The Balaban J connectivity index is 2.69. The lowest BCUT2D eigenvalue weighted by Gasteiger charge is -2.51. The van der Waals surface area contributed by atoms with E-state index in [4.69, 9.17) is 13.9 Å². The zero-order chi connectivity index (χ0) is 23.6. The van der Waals surface area contributed by atoms with Gasteiger partial charge >= 0.3 is 12.1 Å². The maximum atomic E-state index is 13.4. The number of amides is 1. The van der Waals surface area contributed by atoms with Crippen molar-refractivity contribution < 1.29 is 28.3 Å². The lowest BCUT2D eigenvalue weighted by atomic mass is 9.57. The van der Waals surface area contributed by atoms with Crippen LogP contribution in [0.3, 0.4) is 0 Å². The van der Waals surface area contributed by atoms with Crippen LogP contribution in [0.4, 0.5) is 4.79 Å². The van der Waals surface area contributed by atoms with Gasteiger partial charge in [-0.15, -0.1) is 6.58 Å². The lowest BCUT2D eigenvalue weighted by molar-refractivity contribution is -0.170. The molecule has 0 spiro atoms. The Hall–Kier alpha value is -2.09. The number of rotatable bonds is 6. The highest BCUT2D eigenvalue weighted by molar-refractivity contribution is 6.74. The van der Waals surface area contributed by atoms with Crippen molar-refractivity contribution in [2.75, 3.05) is 20.8 Å². The van der Waals surface area contributed by atoms with Crippen molar-refractivity contribution in [2.45, 2.75) is 70.6 Å². The standard InChI is InChI=1S/C23H37NO6Si/c1-9-13-24(21(27)29-6)18-15-17(30-31(7,8)22(2,3)4)14-16-11-10-12-19(25)23(16,18)20(26)28-5/h9,15-16,18H,1,10-14H2,2-8H3/t16-,18-,23+/m0/s1. The van der Waals surface area contributed by atoms with E-state index in [1.165, 1.54) is 19.1 Å². The summed E-state index contributed by atoms with van der Waals surface area (Å²) < 4.78 is 16.7. The summed E-state index contributed by atoms with van der Waals surface area (Å²) in [5.74, 6) is -0.379. The Labute approximate surface area is 186 Å². The molecule has 1 saturated carbocycles. The number of Topliss-reactive ketones (excluding diaryl/α,β-unsaturated/α-hetero) is 1. The number of fused-ring (bicyclic) bond motifs is 1. The van der Waals surface area contributed by atoms with E-state index in [-0.39, 0.29) is 29.7 Å². The highest BCUT2D eigenvalue weighted by Crippen LogP contribution is 2.52. The Morgan fingerprint density at radius 1 is 1.29 bits per heavy atom. The minimum Gasteiger partial charge on any atom is -0.547 e. The van der Waals surface area contributed by atoms with Gasteiger partial charge in [0.05, 0.1) is 26.0 Å². The Bertz CT molecular complexity index is 759. The molecule has 7 nitrogen and oxygen atoms in total. The van der Waals surface area contributed by atoms with Gasteiger partial charge in [0.2, 0.25) is 8.32 Å². The number of carbonyl (C=O) groups excluding carboxylic acids is 3. The molecule has 2 rings (SSSR count). The first-order valence-electron chi connectivity index (χ1n) is 10.8. The maximum Gasteiger partial charge on any atom is 0.410 e. The van der Waals surface area contributed by atoms with Crippen molar-refractivity contribution in [3.05, 3.63) is 24.5 Å². The SMILES string of the molecule is C=CCN(C(=O)OC)[C@H]1C=C(O[Si](C)(C)C(C)(C)C)C[C@@H]2CCCC(=O)[C@@]21C(=O)OC. The van der Waals surface area contributed by atoms with E-state index in [1.807, 2.05) is 0 Å². The third kappa shape index (κ3) is 4.45. The van der Waals surface area contributed by atoms with Gasteiger partial charge in [0.1, 0.15) is 0 Å². The predicted octanol–water partition coefficient (Wildman–Crippen LogP) is 4.45. The normalized spacial score (nSPS) is 26.3. The second-order valence-electron chi connectivity index (χ2n) is 9.93. The Morgan fingerprint density at radius 2 is 1.94 bits per heavy atom. The second-order valence-corrected chi connectivity index (χ2v) is 14.7. The van der Waals surface area contributed by atoms with Crippen LogP contribution >= 0.6 is 0 Å². The van der Waals surface area contributed by atoms with Gasteiger partial charge in [0.15, 0.2) is 11.2 Å². The molecule has 0 aromatic carbocycles. The smallest absolute Gasteiger partial charge is 0.410 e. The summed E-state index contributed by atoms with van der Waals surface area (Å²) in [6.07, 6.45) is 4.82. The lowest BCUT2D eigenvalue weighted by Crippen LogP contribution is -2.64. The molecule has 0 heterocycles. The van der Waals surface area contributed by atoms with Crippen molar-refractivity contribution in [1.82, 2.24) is 4.90 Å². The fraction of sp³-hybridized carbons (Fsp3) is 0.696. The van der Waals surface area contributed by atoms with Gasteiger partial charge in [-0.3, -0.25) is 14.5 Å². The van der Waals surface area contributed by atoms with Gasteiger partial charge in [-0.05, 0) is 43.0 Å². The fourth-order valence-corrected chi connectivity index (χ4v) is 5.59. The summed E-state index contributed by atoms with van der Waals surface area (Å²) in [5.41, 5.74) is -1.47. The molecule has 0 N–H and O–H groups in total. The zero-order valence-electron chi connectivity index (χ0n) is 19.9. The van der Waals surface area contributed by atoms with E-state index in [1.54, 1.807) is 12.2 Å². The molecule has 2 aliphatic carbocycles. The molecule has 3 atom stereocenters. The highest BCUT2D eigenvalue weighted by atomic mass is 28.4. The molecule has 0 radical (unpaired) electrons. The van der Waals surface area contributed by atoms with Crippen LogP contribution in [0.5, 0.6) is 0 Å². The number of hydrogen-bond acceptors (Lipinski definition) is 6. The third-order valence-electron chi connectivity index (χ3n) is 7.11. The summed E-state index contributed by atoms with van der Waals surface area (Å²) in [6, 6.07) is -0.864. The molecular formula is C23H37NO6Si. The predicted molar refractivity (Wildman–Crippen MR) is 121 cm³/mol. The van der Waals surface area contributed by atoms with Crippen LogP contribution in [-0.2, 0) is 23.5 Å². The van der Waals surface area contributed by atoms with Crippen molar-refractivity contribution in [3.63, 3.8) is 0 Å². The van der Waals surface area contributed by atoms with E-state index < -0.39 is 31.8 Å². The first-order chi connectivity index (χ1) is 14.4. The van der Waals surface area contributed by atoms with Crippen LogP contribution in [0.1, 0.15) is 46.5 Å². The first kappa shape index (κ1) is 25.2. The van der Waals surface area contributed by atoms with Crippen LogP contribution < -0.4 is 0 Å². The van der Waals surface area contributed by atoms with Gasteiger partial charge in [-0.25, -0.2) is 4.79 Å². The van der Waals surface area contributed by atoms with Crippen molar-refractivity contribution in [3.8, 4) is 0 Å². The molecule has 174 valence electrons. The molecule has 8 heteroatoms. The van der Waals surface area contributed by atoms with Crippen LogP contribution in [0.2, 0.25) is 18.1 Å². The van der Waals surface area contributed by atoms with E-state index in [9.17, 15) is 14.4 Å². The van der Waals surface area contributed by atoms with E-state index in [0.717, 1.165) is 5.76 Å². The third-order valence-corrected chi connectivity index (χ3v) is 11.5. The largest absolute Gasteiger partial charge is 0.547 e. The maximum absolute atomic E-state index is 13.4. The van der Waals surface area contributed by atoms with Gasteiger partial charge in [-0.1, -0.05) is 26.8 Å². The number of hydrogen-bond donors (Lipinski definition) is 0. The molecule has 0 unspecified atom stereocenters. The zero-order valence-corrected chi connectivity index (χ0v) is 20.9. The molecule has 0 aromatic heterocycles. The van der Waals surface area contributed by atoms with Gasteiger partial charge in [0.25, 0.3) is 0 Å². The molecule has 1 fully saturated rings. The van der Waals surface area contributed by atoms with Crippen LogP contribution in [0, 0.1) is 11.3 Å². The van der Waals surface area contributed by atoms with Crippen LogP contribution in [0.15, 0.2) is 24.5 Å². The quantitative estimate of drug-likeness (QED) is 0.257. The topological polar surface area (TPSA) is 82.1 Å². The number of methoxy groups -OCH3 is 2.